The zero-order chi connectivity index (χ0) is 14.7. The Balaban J connectivity index is 2.48. The highest BCUT2D eigenvalue weighted by molar-refractivity contribution is 6.36. The highest BCUT2D eigenvalue weighted by Crippen LogP contribution is 2.30. The summed E-state index contributed by atoms with van der Waals surface area (Å²) in [7, 11) is 0. The maximum absolute atomic E-state index is 11.4. The predicted octanol–water partition coefficient (Wildman–Crippen LogP) is 3.61. The van der Waals surface area contributed by atoms with Gasteiger partial charge < -0.3 is 5.32 Å². The van der Waals surface area contributed by atoms with E-state index in [2.05, 4.69) is 10.3 Å². The van der Waals surface area contributed by atoms with E-state index in [4.69, 9.17) is 16.9 Å². The van der Waals surface area contributed by atoms with Crippen LogP contribution in [0.1, 0.15) is 24.6 Å². The van der Waals surface area contributed by atoms with Crippen molar-refractivity contribution < 1.29 is 4.79 Å². The van der Waals surface area contributed by atoms with Crippen LogP contribution in [0, 0.1) is 18.3 Å². The van der Waals surface area contributed by atoms with Crippen LogP contribution < -0.4 is 5.32 Å². The van der Waals surface area contributed by atoms with Gasteiger partial charge in [-0.1, -0.05) is 18.5 Å². The van der Waals surface area contributed by atoms with E-state index in [0.29, 0.717) is 10.7 Å². The molecule has 2 aromatic rings. The van der Waals surface area contributed by atoms with Gasteiger partial charge in [-0.3, -0.25) is 9.78 Å². The monoisotopic (exact) mass is 287 g/mol. The average Bonchev–Trinajstić information content (AvgIpc) is 2.40. The van der Waals surface area contributed by atoms with Crippen LogP contribution in [0.4, 0.5) is 5.69 Å². The summed E-state index contributed by atoms with van der Waals surface area (Å²) in [5.41, 5.74) is 3.35. The fourth-order valence-electron chi connectivity index (χ4n) is 2.14. The molecule has 0 aliphatic carbocycles. The maximum Gasteiger partial charge on any atom is 0.238 e. The summed E-state index contributed by atoms with van der Waals surface area (Å²) in [5.74, 6) is -0.334. The largest absolute Gasteiger partial charge is 0.325 e. The van der Waals surface area contributed by atoms with Crippen LogP contribution in [-0.2, 0) is 11.2 Å². The van der Waals surface area contributed by atoms with Gasteiger partial charge in [0.15, 0.2) is 0 Å². The number of hydrogen-bond acceptors (Lipinski definition) is 3. The summed E-state index contributed by atoms with van der Waals surface area (Å²) < 4.78 is 0. The topological polar surface area (TPSA) is 65.8 Å². The number of nitrogens with one attached hydrogen (secondary N) is 1. The van der Waals surface area contributed by atoms with E-state index in [9.17, 15) is 4.79 Å². The van der Waals surface area contributed by atoms with Crippen molar-refractivity contribution in [2.24, 2.45) is 0 Å². The third-order valence-corrected chi connectivity index (χ3v) is 3.53. The van der Waals surface area contributed by atoms with E-state index < -0.39 is 0 Å². The van der Waals surface area contributed by atoms with Gasteiger partial charge in [0.1, 0.15) is 6.42 Å². The molecule has 0 saturated carbocycles. The first-order valence-corrected chi connectivity index (χ1v) is 6.70. The highest BCUT2D eigenvalue weighted by atomic mass is 35.5. The number of amides is 1. The van der Waals surface area contributed by atoms with E-state index in [1.807, 2.05) is 26.0 Å². The molecule has 102 valence electrons. The Kier molecular flexibility index (Phi) is 4.21. The summed E-state index contributed by atoms with van der Waals surface area (Å²) in [6.07, 6.45) is 0.636. The van der Waals surface area contributed by atoms with Crippen molar-refractivity contribution in [3.05, 3.63) is 34.5 Å². The third-order valence-electron chi connectivity index (χ3n) is 3.10. The Bertz CT molecular complexity index is 719. The van der Waals surface area contributed by atoms with Crippen LogP contribution in [0.25, 0.3) is 10.9 Å². The van der Waals surface area contributed by atoms with Crippen LogP contribution in [-0.4, -0.2) is 10.9 Å². The van der Waals surface area contributed by atoms with Crippen LogP contribution in [0.5, 0.6) is 0 Å². The molecule has 1 heterocycles. The molecule has 0 aliphatic rings. The van der Waals surface area contributed by atoms with Crippen molar-refractivity contribution in [3.8, 4) is 6.07 Å². The van der Waals surface area contributed by atoms with E-state index in [0.717, 1.165) is 28.6 Å². The lowest BCUT2D eigenvalue weighted by Gasteiger charge is -2.11. The molecular formula is C15H14ClN3O. The standard InChI is InChI=1S/C15H14ClN3O/c1-3-11-9(2)18-13-5-4-10(8-12(13)15(11)16)19-14(20)6-7-17/h4-5,8H,3,6H2,1-2H3,(H,19,20). The van der Waals surface area contributed by atoms with Crippen molar-refractivity contribution in [1.29, 1.82) is 5.26 Å². The van der Waals surface area contributed by atoms with Gasteiger partial charge in [-0.05, 0) is 37.1 Å². The van der Waals surface area contributed by atoms with Gasteiger partial charge in [0, 0.05) is 16.8 Å². The summed E-state index contributed by atoms with van der Waals surface area (Å²) in [4.78, 5) is 15.9. The number of halogens is 1. The van der Waals surface area contributed by atoms with Crippen molar-refractivity contribution in [2.75, 3.05) is 5.32 Å². The Labute approximate surface area is 122 Å². The molecule has 0 spiro atoms. The molecule has 0 aliphatic heterocycles. The molecular weight excluding hydrogens is 274 g/mol. The number of hydrogen-bond donors (Lipinski definition) is 1. The first-order chi connectivity index (χ1) is 9.56. The molecule has 0 atom stereocenters. The van der Waals surface area contributed by atoms with E-state index in [1.54, 1.807) is 12.1 Å². The van der Waals surface area contributed by atoms with Gasteiger partial charge in [0.05, 0.1) is 16.6 Å². The molecule has 1 amide bonds. The summed E-state index contributed by atoms with van der Waals surface area (Å²) in [6, 6.07) is 7.17. The lowest BCUT2D eigenvalue weighted by molar-refractivity contribution is -0.115. The van der Waals surface area contributed by atoms with Crippen molar-refractivity contribution in [2.45, 2.75) is 26.7 Å². The molecule has 0 fully saturated rings. The number of carbonyl (C=O) groups is 1. The van der Waals surface area contributed by atoms with Gasteiger partial charge in [-0.2, -0.15) is 5.26 Å². The first kappa shape index (κ1) is 14.3. The Morgan fingerprint density at radius 2 is 2.25 bits per heavy atom. The van der Waals surface area contributed by atoms with Crippen LogP contribution in [0.3, 0.4) is 0 Å². The zero-order valence-electron chi connectivity index (χ0n) is 11.3. The van der Waals surface area contributed by atoms with Gasteiger partial charge in [0.25, 0.3) is 0 Å². The fourth-order valence-corrected chi connectivity index (χ4v) is 2.57. The molecule has 0 unspecified atom stereocenters. The normalized spacial score (nSPS) is 10.3. The molecule has 0 saturated heterocycles. The van der Waals surface area contributed by atoms with Crippen LogP contribution in [0.15, 0.2) is 18.2 Å². The number of nitriles is 1. The second kappa shape index (κ2) is 5.89. The third kappa shape index (κ3) is 2.73. The summed E-state index contributed by atoms with van der Waals surface area (Å²) >= 11 is 6.41. The minimum atomic E-state index is -0.334. The Morgan fingerprint density at radius 3 is 2.90 bits per heavy atom. The van der Waals surface area contributed by atoms with Gasteiger partial charge in [-0.25, -0.2) is 0 Å². The molecule has 1 aromatic heterocycles. The number of anilines is 1. The molecule has 5 heteroatoms. The van der Waals surface area contributed by atoms with Crippen molar-refractivity contribution >= 4 is 34.1 Å². The zero-order valence-corrected chi connectivity index (χ0v) is 12.1. The molecule has 2 rings (SSSR count). The highest BCUT2D eigenvalue weighted by Gasteiger charge is 2.11. The van der Waals surface area contributed by atoms with E-state index in [-0.39, 0.29) is 12.3 Å². The molecule has 0 radical (unpaired) electrons. The van der Waals surface area contributed by atoms with Crippen LogP contribution >= 0.6 is 11.6 Å². The number of rotatable bonds is 3. The summed E-state index contributed by atoms with van der Waals surface area (Å²) in [5, 5.41) is 12.6. The minimum Gasteiger partial charge on any atom is -0.325 e. The van der Waals surface area contributed by atoms with Crippen molar-refractivity contribution in [3.63, 3.8) is 0 Å². The number of nitrogens with zero attached hydrogens (tertiary/aromatic N) is 2. The molecule has 1 aromatic carbocycles. The number of aromatic nitrogens is 1. The molecule has 1 N–H and O–H groups in total. The Morgan fingerprint density at radius 1 is 1.50 bits per heavy atom. The number of aryl methyl sites for hydroxylation is 1. The quantitative estimate of drug-likeness (QED) is 0.938. The second-order valence-electron chi connectivity index (χ2n) is 4.46. The SMILES string of the molecule is CCc1c(C)nc2ccc(NC(=O)CC#N)cc2c1Cl. The second-order valence-corrected chi connectivity index (χ2v) is 4.84. The molecule has 4 nitrogen and oxygen atoms in total. The molecule has 0 bridgehead atoms. The van der Waals surface area contributed by atoms with Gasteiger partial charge in [-0.15, -0.1) is 0 Å². The average molecular weight is 288 g/mol. The number of carbonyl (C=O) groups excluding carboxylic acids is 1. The van der Waals surface area contributed by atoms with E-state index in [1.165, 1.54) is 0 Å². The van der Waals surface area contributed by atoms with Crippen molar-refractivity contribution in [1.82, 2.24) is 4.98 Å². The van der Waals surface area contributed by atoms with Gasteiger partial charge in [0.2, 0.25) is 5.91 Å². The van der Waals surface area contributed by atoms with Crippen LogP contribution in [0.2, 0.25) is 5.02 Å². The molecule has 20 heavy (non-hydrogen) atoms. The van der Waals surface area contributed by atoms with E-state index >= 15 is 0 Å². The first-order valence-electron chi connectivity index (χ1n) is 6.32. The Hall–Kier alpha value is -2.12. The lowest BCUT2D eigenvalue weighted by Crippen LogP contribution is -2.10. The maximum atomic E-state index is 11.4. The lowest BCUT2D eigenvalue weighted by atomic mass is 10.1. The summed E-state index contributed by atoms with van der Waals surface area (Å²) in [6.45, 7) is 3.97. The predicted molar refractivity (Wildman–Crippen MR) is 79.7 cm³/mol. The smallest absolute Gasteiger partial charge is 0.238 e. The van der Waals surface area contributed by atoms with Gasteiger partial charge >= 0.3 is 0 Å². The number of fused-ring (bicyclic) bond motifs is 1. The number of pyridine rings is 1. The minimum absolute atomic E-state index is 0.169. The number of benzene rings is 1. The fraction of sp³-hybridized carbons (Fsp3) is 0.267.